The average molecular weight is 214 g/mol. The van der Waals surface area contributed by atoms with Crippen LogP contribution >= 0.6 is 0 Å². The lowest BCUT2D eigenvalue weighted by Crippen LogP contribution is -2.13. The van der Waals surface area contributed by atoms with E-state index in [1.807, 2.05) is 12.4 Å². The summed E-state index contributed by atoms with van der Waals surface area (Å²) in [4.78, 5) is 4.22. The van der Waals surface area contributed by atoms with Gasteiger partial charge < -0.3 is 5.73 Å². The molecule has 2 rings (SSSR count). The lowest BCUT2D eigenvalue weighted by atomic mass is 9.95. The normalized spacial score (nSPS) is 12.9. The van der Waals surface area contributed by atoms with Crippen LogP contribution in [0.15, 0.2) is 30.6 Å². The molecule has 0 amide bonds. The molecule has 0 spiro atoms. The Kier molecular flexibility index (Phi) is 3.20. The minimum absolute atomic E-state index is 0.520. The van der Waals surface area contributed by atoms with Crippen LogP contribution in [0.5, 0.6) is 0 Å². The third kappa shape index (κ3) is 2.07. The van der Waals surface area contributed by atoms with Crippen LogP contribution in [0.4, 0.5) is 0 Å². The molecule has 0 radical (unpaired) electrons. The SMILES string of the molecule is Cc1ccc(CC(C)CN)c2cnccc12. The predicted molar refractivity (Wildman–Crippen MR) is 68.4 cm³/mol. The van der Waals surface area contributed by atoms with E-state index >= 15 is 0 Å². The molecular weight excluding hydrogens is 196 g/mol. The van der Waals surface area contributed by atoms with Crippen LogP contribution in [0, 0.1) is 12.8 Å². The Balaban J connectivity index is 2.50. The first kappa shape index (κ1) is 11.1. The Morgan fingerprint density at radius 1 is 1.25 bits per heavy atom. The highest BCUT2D eigenvalue weighted by molar-refractivity contribution is 5.87. The van der Waals surface area contributed by atoms with Crippen molar-refractivity contribution in [3.63, 3.8) is 0 Å². The standard InChI is InChI=1S/C14H18N2/c1-10(8-15)7-12-4-3-11(2)13-5-6-16-9-14(12)13/h3-6,9-10H,7-8,15H2,1-2H3. The molecule has 1 atom stereocenters. The average Bonchev–Trinajstić information content (AvgIpc) is 2.33. The summed E-state index contributed by atoms with van der Waals surface area (Å²) in [7, 11) is 0. The first-order valence-electron chi connectivity index (χ1n) is 5.74. The monoisotopic (exact) mass is 214 g/mol. The van der Waals surface area contributed by atoms with Crippen molar-refractivity contribution in [3.8, 4) is 0 Å². The summed E-state index contributed by atoms with van der Waals surface area (Å²) >= 11 is 0. The first-order valence-corrected chi connectivity index (χ1v) is 5.74. The molecule has 0 fully saturated rings. The van der Waals surface area contributed by atoms with Gasteiger partial charge in [-0.25, -0.2) is 0 Å². The third-order valence-corrected chi connectivity index (χ3v) is 3.10. The minimum Gasteiger partial charge on any atom is -0.330 e. The zero-order valence-corrected chi connectivity index (χ0v) is 9.90. The van der Waals surface area contributed by atoms with E-state index in [0.717, 1.165) is 13.0 Å². The van der Waals surface area contributed by atoms with E-state index in [9.17, 15) is 0 Å². The summed E-state index contributed by atoms with van der Waals surface area (Å²) in [6.07, 6.45) is 4.84. The van der Waals surface area contributed by atoms with Crippen molar-refractivity contribution in [2.24, 2.45) is 11.7 Å². The van der Waals surface area contributed by atoms with Crippen molar-refractivity contribution in [1.29, 1.82) is 0 Å². The summed E-state index contributed by atoms with van der Waals surface area (Å²) in [6.45, 7) is 5.05. The van der Waals surface area contributed by atoms with Crippen LogP contribution in [0.3, 0.4) is 0 Å². The molecule has 0 aliphatic heterocycles. The first-order chi connectivity index (χ1) is 7.72. The van der Waals surface area contributed by atoms with Gasteiger partial charge in [0.1, 0.15) is 0 Å². The Hall–Kier alpha value is -1.41. The van der Waals surface area contributed by atoms with Gasteiger partial charge in [0, 0.05) is 17.8 Å². The molecule has 1 aromatic heterocycles. The van der Waals surface area contributed by atoms with Crippen molar-refractivity contribution in [1.82, 2.24) is 4.98 Å². The molecule has 1 heterocycles. The number of rotatable bonds is 3. The topological polar surface area (TPSA) is 38.9 Å². The molecule has 0 aliphatic rings. The molecule has 2 nitrogen and oxygen atoms in total. The maximum absolute atomic E-state index is 5.68. The molecule has 0 bridgehead atoms. The molecule has 16 heavy (non-hydrogen) atoms. The van der Waals surface area contributed by atoms with Crippen molar-refractivity contribution in [2.75, 3.05) is 6.54 Å². The second kappa shape index (κ2) is 4.62. The number of aryl methyl sites for hydroxylation is 1. The van der Waals surface area contributed by atoms with E-state index in [1.54, 1.807) is 0 Å². The number of hydrogen-bond acceptors (Lipinski definition) is 2. The molecule has 1 aromatic carbocycles. The van der Waals surface area contributed by atoms with Crippen LogP contribution in [-0.4, -0.2) is 11.5 Å². The van der Waals surface area contributed by atoms with Gasteiger partial charge in [-0.1, -0.05) is 19.1 Å². The molecule has 0 saturated carbocycles. The van der Waals surface area contributed by atoms with E-state index in [1.165, 1.54) is 21.9 Å². The number of aromatic nitrogens is 1. The summed E-state index contributed by atoms with van der Waals surface area (Å²) in [5, 5.41) is 2.57. The Morgan fingerprint density at radius 2 is 2.06 bits per heavy atom. The van der Waals surface area contributed by atoms with Gasteiger partial charge in [-0.15, -0.1) is 0 Å². The Morgan fingerprint density at radius 3 is 2.81 bits per heavy atom. The second-order valence-corrected chi connectivity index (χ2v) is 4.51. The van der Waals surface area contributed by atoms with Crippen LogP contribution in [0.2, 0.25) is 0 Å². The number of pyridine rings is 1. The molecule has 0 aliphatic carbocycles. The Bertz CT molecular complexity index is 491. The predicted octanol–water partition coefficient (Wildman–Crippen LogP) is 2.68. The summed E-state index contributed by atoms with van der Waals surface area (Å²) in [5.74, 6) is 0.520. The van der Waals surface area contributed by atoms with Crippen molar-refractivity contribution < 1.29 is 0 Å². The quantitative estimate of drug-likeness (QED) is 0.853. The molecule has 2 N–H and O–H groups in total. The van der Waals surface area contributed by atoms with Gasteiger partial charge in [-0.3, -0.25) is 4.98 Å². The van der Waals surface area contributed by atoms with Crippen LogP contribution < -0.4 is 5.73 Å². The van der Waals surface area contributed by atoms with E-state index in [0.29, 0.717) is 5.92 Å². The molecule has 84 valence electrons. The molecule has 2 heteroatoms. The zero-order chi connectivity index (χ0) is 11.5. The van der Waals surface area contributed by atoms with Gasteiger partial charge in [0.25, 0.3) is 0 Å². The molecule has 0 saturated heterocycles. The Labute approximate surface area is 96.5 Å². The highest BCUT2D eigenvalue weighted by atomic mass is 14.6. The van der Waals surface area contributed by atoms with Crippen molar-refractivity contribution in [3.05, 3.63) is 41.7 Å². The van der Waals surface area contributed by atoms with E-state index < -0.39 is 0 Å². The fourth-order valence-electron chi connectivity index (χ4n) is 2.04. The molecule has 2 aromatic rings. The van der Waals surface area contributed by atoms with Crippen molar-refractivity contribution in [2.45, 2.75) is 20.3 Å². The molecule has 1 unspecified atom stereocenters. The maximum Gasteiger partial charge on any atom is 0.0349 e. The van der Waals surface area contributed by atoms with E-state index in [2.05, 4.69) is 37.0 Å². The number of benzene rings is 1. The summed E-state index contributed by atoms with van der Waals surface area (Å²) in [6, 6.07) is 6.47. The van der Waals surface area contributed by atoms with Gasteiger partial charge in [0.15, 0.2) is 0 Å². The fourth-order valence-corrected chi connectivity index (χ4v) is 2.04. The van der Waals surface area contributed by atoms with Gasteiger partial charge >= 0.3 is 0 Å². The number of hydrogen-bond donors (Lipinski definition) is 1. The smallest absolute Gasteiger partial charge is 0.0349 e. The lowest BCUT2D eigenvalue weighted by Gasteiger charge is -2.12. The van der Waals surface area contributed by atoms with Gasteiger partial charge in [0.05, 0.1) is 0 Å². The highest BCUT2D eigenvalue weighted by Crippen LogP contribution is 2.23. The second-order valence-electron chi connectivity index (χ2n) is 4.51. The number of nitrogens with two attached hydrogens (primary N) is 1. The van der Waals surface area contributed by atoms with Gasteiger partial charge in [-0.2, -0.15) is 0 Å². The highest BCUT2D eigenvalue weighted by Gasteiger charge is 2.06. The lowest BCUT2D eigenvalue weighted by molar-refractivity contribution is 0.595. The summed E-state index contributed by atoms with van der Waals surface area (Å²) < 4.78 is 0. The van der Waals surface area contributed by atoms with E-state index in [-0.39, 0.29) is 0 Å². The number of nitrogens with zero attached hydrogens (tertiary/aromatic N) is 1. The van der Waals surface area contributed by atoms with E-state index in [4.69, 9.17) is 5.73 Å². The fraction of sp³-hybridized carbons (Fsp3) is 0.357. The third-order valence-electron chi connectivity index (χ3n) is 3.10. The maximum atomic E-state index is 5.68. The zero-order valence-electron chi connectivity index (χ0n) is 9.90. The van der Waals surface area contributed by atoms with Crippen molar-refractivity contribution >= 4 is 10.8 Å². The largest absolute Gasteiger partial charge is 0.330 e. The van der Waals surface area contributed by atoms with Crippen LogP contribution in [0.1, 0.15) is 18.1 Å². The van der Waals surface area contributed by atoms with Crippen LogP contribution in [-0.2, 0) is 6.42 Å². The van der Waals surface area contributed by atoms with Crippen LogP contribution in [0.25, 0.3) is 10.8 Å². The number of fused-ring (bicyclic) bond motifs is 1. The molecular formula is C14H18N2. The minimum atomic E-state index is 0.520. The summed E-state index contributed by atoms with van der Waals surface area (Å²) in [5.41, 5.74) is 8.34. The van der Waals surface area contributed by atoms with Gasteiger partial charge in [0.2, 0.25) is 0 Å². The van der Waals surface area contributed by atoms with Gasteiger partial charge in [-0.05, 0) is 48.4 Å².